The van der Waals surface area contributed by atoms with Crippen LogP contribution in [0.15, 0.2) is 77.7 Å². The zero-order chi connectivity index (χ0) is 21.1. The molecule has 1 aliphatic rings. The van der Waals surface area contributed by atoms with E-state index in [0.717, 1.165) is 23.4 Å². The fourth-order valence-corrected chi connectivity index (χ4v) is 4.28. The van der Waals surface area contributed by atoms with Gasteiger partial charge in [0.15, 0.2) is 0 Å². The molecule has 0 aromatic heterocycles. The molecule has 6 nitrogen and oxygen atoms in total. The molecule has 0 saturated heterocycles. The van der Waals surface area contributed by atoms with Gasteiger partial charge < -0.3 is 9.64 Å². The third kappa shape index (κ3) is 4.28. The van der Waals surface area contributed by atoms with Gasteiger partial charge in [-0.25, -0.2) is 12.8 Å². The number of sulfonamides is 1. The van der Waals surface area contributed by atoms with Crippen molar-refractivity contribution in [2.45, 2.75) is 11.3 Å². The summed E-state index contributed by atoms with van der Waals surface area (Å²) in [5.41, 5.74) is 1.86. The van der Waals surface area contributed by atoms with Gasteiger partial charge in [-0.3, -0.25) is 9.52 Å². The number of nitrogens with zero attached hydrogens (tertiary/aromatic N) is 1. The molecule has 8 heteroatoms. The van der Waals surface area contributed by atoms with Crippen LogP contribution >= 0.6 is 0 Å². The largest absolute Gasteiger partial charge is 0.490 e. The van der Waals surface area contributed by atoms with E-state index in [1.54, 1.807) is 29.2 Å². The Morgan fingerprint density at radius 2 is 1.70 bits per heavy atom. The second-order valence-electron chi connectivity index (χ2n) is 6.79. The van der Waals surface area contributed by atoms with Crippen LogP contribution in [0.25, 0.3) is 0 Å². The van der Waals surface area contributed by atoms with E-state index in [1.807, 2.05) is 24.3 Å². The number of carbonyl (C=O) groups is 1. The Kier molecular flexibility index (Phi) is 5.41. The van der Waals surface area contributed by atoms with Crippen LogP contribution in [0.2, 0.25) is 0 Å². The molecule has 0 radical (unpaired) electrons. The summed E-state index contributed by atoms with van der Waals surface area (Å²) in [4.78, 5) is 14.4. The summed E-state index contributed by atoms with van der Waals surface area (Å²) < 4.78 is 45.8. The van der Waals surface area contributed by atoms with Gasteiger partial charge in [-0.05, 0) is 54.1 Å². The lowest BCUT2D eigenvalue weighted by molar-refractivity contribution is -0.118. The molecule has 0 fully saturated rings. The van der Waals surface area contributed by atoms with Crippen molar-refractivity contribution in [3.05, 3.63) is 84.2 Å². The third-order valence-electron chi connectivity index (χ3n) is 4.72. The number of fused-ring (bicyclic) bond motifs is 1. The molecule has 1 N–H and O–H groups in total. The molecular weight excluding hydrogens is 407 g/mol. The second-order valence-corrected chi connectivity index (χ2v) is 8.48. The van der Waals surface area contributed by atoms with Crippen molar-refractivity contribution in [3.8, 4) is 5.75 Å². The average Bonchev–Trinajstić information content (AvgIpc) is 2.75. The zero-order valence-electron chi connectivity index (χ0n) is 15.9. The fraction of sp³-hybridized carbons (Fsp3) is 0.136. The maximum absolute atomic E-state index is 13.0. The summed E-state index contributed by atoms with van der Waals surface area (Å²) in [6.45, 7) is 0.915. The summed E-state index contributed by atoms with van der Waals surface area (Å²) in [6.07, 6.45) is 0.180. The number of nitrogens with one attached hydrogen (secondary N) is 1. The molecule has 30 heavy (non-hydrogen) atoms. The number of halogens is 1. The monoisotopic (exact) mass is 426 g/mol. The van der Waals surface area contributed by atoms with Gasteiger partial charge in [0.2, 0.25) is 5.91 Å². The van der Waals surface area contributed by atoms with Crippen molar-refractivity contribution in [3.63, 3.8) is 0 Å². The molecule has 0 bridgehead atoms. The number of carbonyl (C=O) groups excluding carboxylic acids is 1. The number of anilines is 2. The molecular formula is C22H19FN2O4S. The number of rotatable bonds is 5. The quantitative estimate of drug-likeness (QED) is 0.677. The molecule has 0 saturated carbocycles. The Balaban J connectivity index is 1.44. The molecule has 0 atom stereocenters. The van der Waals surface area contributed by atoms with Crippen LogP contribution in [-0.2, 0) is 21.2 Å². The van der Waals surface area contributed by atoms with E-state index in [9.17, 15) is 17.6 Å². The SMILES string of the molecule is O=C(Cc1ccc(NS(=O)(=O)c2ccc(F)cc2)cc1)N1CCOc2ccccc21. The minimum Gasteiger partial charge on any atom is -0.490 e. The number of benzene rings is 3. The first-order valence-electron chi connectivity index (χ1n) is 9.32. The van der Waals surface area contributed by atoms with Crippen LogP contribution in [-0.4, -0.2) is 27.5 Å². The number of para-hydroxylation sites is 2. The van der Waals surface area contributed by atoms with Crippen molar-refractivity contribution in [1.29, 1.82) is 0 Å². The van der Waals surface area contributed by atoms with Gasteiger partial charge in [0.25, 0.3) is 10.0 Å². The first kappa shape index (κ1) is 19.9. The predicted octanol–water partition coefficient (Wildman–Crippen LogP) is 3.59. The standard InChI is InChI=1S/C22H19FN2O4S/c23-17-7-11-19(12-8-17)30(27,28)24-18-9-5-16(6-10-18)15-22(26)25-13-14-29-21-4-2-1-3-20(21)25/h1-12,24H,13-15H2. The summed E-state index contributed by atoms with van der Waals surface area (Å²) >= 11 is 0. The van der Waals surface area contributed by atoms with Gasteiger partial charge in [0, 0.05) is 5.69 Å². The van der Waals surface area contributed by atoms with E-state index < -0.39 is 15.8 Å². The highest BCUT2D eigenvalue weighted by atomic mass is 32.2. The number of hydrogen-bond donors (Lipinski definition) is 1. The van der Waals surface area contributed by atoms with Crippen molar-refractivity contribution in [2.75, 3.05) is 22.8 Å². The summed E-state index contributed by atoms with van der Waals surface area (Å²) in [5, 5.41) is 0. The summed E-state index contributed by atoms with van der Waals surface area (Å²) in [7, 11) is -3.82. The van der Waals surface area contributed by atoms with E-state index in [-0.39, 0.29) is 17.2 Å². The molecule has 1 amide bonds. The highest BCUT2D eigenvalue weighted by molar-refractivity contribution is 7.92. The topological polar surface area (TPSA) is 75.7 Å². The van der Waals surface area contributed by atoms with E-state index in [0.29, 0.717) is 24.6 Å². The van der Waals surface area contributed by atoms with E-state index in [2.05, 4.69) is 4.72 Å². The average molecular weight is 426 g/mol. The van der Waals surface area contributed by atoms with Crippen LogP contribution in [0, 0.1) is 5.82 Å². The van der Waals surface area contributed by atoms with Gasteiger partial charge in [-0.2, -0.15) is 0 Å². The first-order valence-corrected chi connectivity index (χ1v) is 10.8. The van der Waals surface area contributed by atoms with Crippen molar-refractivity contribution < 1.29 is 22.3 Å². The number of hydrogen-bond acceptors (Lipinski definition) is 4. The molecule has 3 aromatic carbocycles. The maximum atomic E-state index is 13.0. The van der Waals surface area contributed by atoms with Gasteiger partial charge >= 0.3 is 0 Å². The molecule has 1 heterocycles. The lowest BCUT2D eigenvalue weighted by Crippen LogP contribution is -2.38. The summed E-state index contributed by atoms with van der Waals surface area (Å²) in [5.74, 6) is 0.110. The van der Waals surface area contributed by atoms with Gasteiger partial charge in [-0.15, -0.1) is 0 Å². The molecule has 154 valence electrons. The van der Waals surface area contributed by atoms with Crippen LogP contribution in [0.1, 0.15) is 5.56 Å². The van der Waals surface area contributed by atoms with Gasteiger partial charge in [-0.1, -0.05) is 24.3 Å². The third-order valence-corrected chi connectivity index (χ3v) is 6.11. The minimum atomic E-state index is -3.82. The zero-order valence-corrected chi connectivity index (χ0v) is 16.7. The Labute approximate surface area is 174 Å². The van der Waals surface area contributed by atoms with Crippen LogP contribution in [0.3, 0.4) is 0 Å². The normalized spacial score (nSPS) is 13.3. The molecule has 0 unspecified atom stereocenters. The summed E-state index contributed by atoms with van der Waals surface area (Å²) in [6, 6.07) is 18.6. The van der Waals surface area contributed by atoms with E-state index in [1.165, 1.54) is 12.1 Å². The van der Waals surface area contributed by atoms with E-state index >= 15 is 0 Å². The lowest BCUT2D eigenvalue weighted by atomic mass is 10.1. The molecule has 0 spiro atoms. The van der Waals surface area contributed by atoms with Crippen LogP contribution in [0.4, 0.5) is 15.8 Å². The van der Waals surface area contributed by atoms with Crippen LogP contribution in [0.5, 0.6) is 5.75 Å². The number of amides is 1. The second kappa shape index (κ2) is 8.16. The van der Waals surface area contributed by atoms with E-state index in [4.69, 9.17) is 4.74 Å². The highest BCUT2D eigenvalue weighted by Gasteiger charge is 2.23. The van der Waals surface area contributed by atoms with Crippen molar-refractivity contribution in [2.24, 2.45) is 0 Å². The molecule has 3 aromatic rings. The Morgan fingerprint density at radius 3 is 2.43 bits per heavy atom. The first-order chi connectivity index (χ1) is 14.4. The van der Waals surface area contributed by atoms with Gasteiger partial charge in [0.1, 0.15) is 18.2 Å². The van der Waals surface area contributed by atoms with Crippen LogP contribution < -0.4 is 14.4 Å². The number of ether oxygens (including phenoxy) is 1. The van der Waals surface area contributed by atoms with Crippen molar-refractivity contribution in [1.82, 2.24) is 0 Å². The lowest BCUT2D eigenvalue weighted by Gasteiger charge is -2.29. The maximum Gasteiger partial charge on any atom is 0.261 e. The fourth-order valence-electron chi connectivity index (χ4n) is 3.22. The van der Waals surface area contributed by atoms with Crippen molar-refractivity contribution >= 4 is 27.3 Å². The molecule has 1 aliphatic heterocycles. The predicted molar refractivity (Wildman–Crippen MR) is 112 cm³/mol. The Bertz CT molecular complexity index is 1160. The van der Waals surface area contributed by atoms with Gasteiger partial charge in [0.05, 0.1) is 23.5 Å². The Morgan fingerprint density at radius 1 is 1.00 bits per heavy atom. The molecule has 0 aliphatic carbocycles. The minimum absolute atomic E-state index is 0.0332. The Hall–Kier alpha value is -3.39. The highest BCUT2D eigenvalue weighted by Crippen LogP contribution is 2.31. The smallest absolute Gasteiger partial charge is 0.261 e. The molecule has 4 rings (SSSR count).